The summed E-state index contributed by atoms with van der Waals surface area (Å²) in [5, 5.41) is 0. The first-order valence-electron chi connectivity index (χ1n) is 5.86. The van der Waals surface area contributed by atoms with Crippen molar-refractivity contribution in [3.05, 3.63) is 10.2 Å². The number of unbranched alkanes of at least 4 members (excludes halogenated alkanes) is 2. The molecule has 0 aromatic rings. The van der Waals surface area contributed by atoms with Crippen molar-refractivity contribution in [2.24, 2.45) is 0 Å². The molecule has 0 aliphatic heterocycles. The molecule has 13 heavy (non-hydrogen) atoms. The molecule has 0 aromatic heterocycles. The van der Waals surface area contributed by atoms with Crippen LogP contribution in [0.4, 0.5) is 0 Å². The molecule has 0 aliphatic rings. The number of allylic oxidation sites excluding steroid dienone is 1. The van der Waals surface area contributed by atoms with E-state index < -0.39 is 19.8 Å². The Balaban J connectivity index is 3.66. The van der Waals surface area contributed by atoms with Gasteiger partial charge in [-0.3, -0.25) is 0 Å². The molecule has 0 heterocycles. The topological polar surface area (TPSA) is 0 Å². The molecule has 0 amide bonds. The van der Waals surface area contributed by atoms with Crippen LogP contribution >= 0.6 is 0 Å². The van der Waals surface area contributed by atoms with Crippen molar-refractivity contribution in [2.75, 3.05) is 0 Å². The second-order valence-electron chi connectivity index (χ2n) is 3.68. The predicted molar refractivity (Wildman–Crippen MR) is 64.6 cm³/mol. The molecule has 0 unspecified atom stereocenters. The number of rotatable bonds is 8. The first kappa shape index (κ1) is 13.5. The van der Waals surface area contributed by atoms with Crippen molar-refractivity contribution >= 4 is 19.8 Å². The van der Waals surface area contributed by atoms with Gasteiger partial charge in [0.05, 0.1) is 0 Å². The van der Waals surface area contributed by atoms with Gasteiger partial charge in [0, 0.05) is 0 Å². The average molecular weight is 288 g/mol. The third kappa shape index (κ3) is 8.86. The SMILES string of the molecule is CC/C=[CH]/[Sn+]([CH2]CCC)[CH2]CCC. The fraction of sp³-hybridized carbons (Fsp3) is 0.833. The average Bonchev–Trinajstić information content (AvgIpc) is 2.17. The van der Waals surface area contributed by atoms with Crippen molar-refractivity contribution in [1.82, 2.24) is 0 Å². The van der Waals surface area contributed by atoms with Crippen molar-refractivity contribution in [3.63, 3.8) is 0 Å². The van der Waals surface area contributed by atoms with Gasteiger partial charge >= 0.3 is 91.7 Å². The second-order valence-corrected chi connectivity index (χ2v) is 11.2. The first-order chi connectivity index (χ1) is 6.35. The van der Waals surface area contributed by atoms with E-state index in [-0.39, 0.29) is 0 Å². The van der Waals surface area contributed by atoms with Crippen LogP contribution in [0, 0.1) is 0 Å². The Kier molecular flexibility index (Phi) is 11.1. The minimum absolute atomic E-state index is 1.02. The fourth-order valence-corrected chi connectivity index (χ4v) is 9.28. The summed E-state index contributed by atoms with van der Waals surface area (Å²) in [5.41, 5.74) is 0. The molecule has 0 N–H and O–H groups in total. The Bertz CT molecular complexity index is 110. The van der Waals surface area contributed by atoms with Crippen molar-refractivity contribution < 1.29 is 0 Å². The molecule has 0 aliphatic carbocycles. The predicted octanol–water partition coefficient (Wildman–Crippen LogP) is 4.59. The second kappa shape index (κ2) is 10.6. The van der Waals surface area contributed by atoms with Crippen molar-refractivity contribution in [2.45, 2.75) is 61.7 Å². The van der Waals surface area contributed by atoms with E-state index in [0.717, 1.165) is 0 Å². The van der Waals surface area contributed by atoms with Gasteiger partial charge < -0.3 is 0 Å². The molecule has 0 nitrogen and oxygen atoms in total. The summed E-state index contributed by atoms with van der Waals surface area (Å²) < 4.78 is 5.82. The Morgan fingerprint density at radius 1 is 0.923 bits per heavy atom. The maximum atomic E-state index is 2.63. The minimum atomic E-state index is -1.02. The van der Waals surface area contributed by atoms with Gasteiger partial charge in [-0.05, 0) is 0 Å². The summed E-state index contributed by atoms with van der Waals surface area (Å²) in [7, 11) is 0. The molecule has 0 saturated carbocycles. The van der Waals surface area contributed by atoms with Gasteiger partial charge in [0.15, 0.2) is 0 Å². The quantitative estimate of drug-likeness (QED) is 0.573. The summed E-state index contributed by atoms with van der Waals surface area (Å²) in [4.78, 5) is 0. The van der Waals surface area contributed by atoms with E-state index in [0.29, 0.717) is 0 Å². The maximum absolute atomic E-state index is 2.63. The molecule has 76 valence electrons. The molecule has 0 spiro atoms. The molecule has 0 bridgehead atoms. The van der Waals surface area contributed by atoms with E-state index >= 15 is 0 Å². The summed E-state index contributed by atoms with van der Waals surface area (Å²) >= 11 is -1.02. The zero-order valence-corrected chi connectivity index (χ0v) is 12.5. The Labute approximate surface area is 91.5 Å². The molecule has 1 heteroatoms. The molecule has 0 rings (SSSR count). The van der Waals surface area contributed by atoms with Crippen LogP contribution < -0.4 is 0 Å². The Hall–Kier alpha value is 0.539. The summed E-state index contributed by atoms with van der Waals surface area (Å²) in [6, 6.07) is 0. The Morgan fingerprint density at radius 2 is 1.46 bits per heavy atom. The third-order valence-electron chi connectivity index (χ3n) is 2.29. The van der Waals surface area contributed by atoms with Crippen LogP contribution in [0.2, 0.25) is 8.87 Å². The van der Waals surface area contributed by atoms with Gasteiger partial charge in [0.2, 0.25) is 0 Å². The number of hydrogen-bond acceptors (Lipinski definition) is 0. The van der Waals surface area contributed by atoms with E-state index in [9.17, 15) is 0 Å². The van der Waals surface area contributed by atoms with Crippen LogP contribution in [0.25, 0.3) is 0 Å². The van der Waals surface area contributed by atoms with E-state index in [2.05, 4.69) is 30.9 Å². The molecule has 0 radical (unpaired) electrons. The molecular weight excluding hydrogens is 263 g/mol. The van der Waals surface area contributed by atoms with Gasteiger partial charge in [-0.25, -0.2) is 0 Å². The summed E-state index contributed by atoms with van der Waals surface area (Å²) in [5.74, 6) is 0. The summed E-state index contributed by atoms with van der Waals surface area (Å²) in [6.07, 6.45) is 9.38. The van der Waals surface area contributed by atoms with E-state index in [1.807, 2.05) is 0 Å². The monoisotopic (exact) mass is 289 g/mol. The van der Waals surface area contributed by atoms with Crippen LogP contribution in [-0.4, -0.2) is 19.8 Å². The van der Waals surface area contributed by atoms with Crippen molar-refractivity contribution in [1.29, 1.82) is 0 Å². The van der Waals surface area contributed by atoms with Crippen LogP contribution in [0.1, 0.15) is 52.9 Å². The Morgan fingerprint density at radius 3 is 1.85 bits per heavy atom. The standard InChI is InChI=1S/2C4H9.C4H7.Sn/c3*1-3-4-2;/h2*1,3-4H2,2H3;1,3H,4H2,2H3;/q;;;+1. The molecular formula is C12H25Sn+. The van der Waals surface area contributed by atoms with Crippen molar-refractivity contribution in [3.8, 4) is 0 Å². The van der Waals surface area contributed by atoms with Gasteiger partial charge in [0.25, 0.3) is 0 Å². The van der Waals surface area contributed by atoms with Gasteiger partial charge in [-0.2, -0.15) is 0 Å². The van der Waals surface area contributed by atoms with E-state index in [4.69, 9.17) is 0 Å². The van der Waals surface area contributed by atoms with E-state index in [1.54, 1.807) is 8.87 Å². The molecule has 0 atom stereocenters. The fourth-order valence-electron chi connectivity index (χ4n) is 1.38. The van der Waals surface area contributed by atoms with Gasteiger partial charge in [-0.1, -0.05) is 0 Å². The van der Waals surface area contributed by atoms with Crippen LogP contribution in [-0.2, 0) is 0 Å². The zero-order valence-electron chi connectivity index (χ0n) is 9.60. The molecule has 0 saturated heterocycles. The van der Waals surface area contributed by atoms with Gasteiger partial charge in [0.1, 0.15) is 0 Å². The molecule has 0 aromatic carbocycles. The summed E-state index contributed by atoms with van der Waals surface area (Å²) in [6.45, 7) is 6.87. The van der Waals surface area contributed by atoms with E-state index in [1.165, 1.54) is 32.1 Å². The van der Waals surface area contributed by atoms with Gasteiger partial charge in [-0.15, -0.1) is 0 Å². The zero-order chi connectivity index (χ0) is 9.94. The normalized spacial score (nSPS) is 11.0. The first-order valence-corrected chi connectivity index (χ1v) is 11.5. The molecule has 0 fully saturated rings. The third-order valence-corrected chi connectivity index (χ3v) is 9.99. The number of hydrogen-bond donors (Lipinski definition) is 0. The van der Waals surface area contributed by atoms with Crippen LogP contribution in [0.3, 0.4) is 0 Å². The van der Waals surface area contributed by atoms with Crippen LogP contribution in [0.15, 0.2) is 10.2 Å². The van der Waals surface area contributed by atoms with Crippen LogP contribution in [0.5, 0.6) is 0 Å².